The van der Waals surface area contributed by atoms with Gasteiger partial charge in [-0.05, 0) is 31.0 Å². The first-order chi connectivity index (χ1) is 12.9. The predicted molar refractivity (Wildman–Crippen MR) is 91.6 cm³/mol. The molecule has 5 rings (SSSR count). The summed E-state index contributed by atoms with van der Waals surface area (Å²) in [5, 5.41) is 2.91. The Balaban J connectivity index is 1.58. The molecule has 2 heterocycles. The summed E-state index contributed by atoms with van der Waals surface area (Å²) in [6.45, 7) is 2.59. The molecular formula is C19H20F3N3O2. The largest absolute Gasteiger partial charge is 0.416 e. The fraction of sp³-hybridized carbons (Fsp3) is 0.579. The van der Waals surface area contributed by atoms with Crippen molar-refractivity contribution in [2.75, 3.05) is 26.3 Å². The maximum Gasteiger partial charge on any atom is 0.416 e. The number of hydrogen-bond acceptors (Lipinski definition) is 4. The lowest BCUT2D eigenvalue weighted by Gasteiger charge is -2.36. The summed E-state index contributed by atoms with van der Waals surface area (Å²) in [7, 11) is 0. The third kappa shape index (κ3) is 2.14. The molecule has 0 bridgehead atoms. The van der Waals surface area contributed by atoms with E-state index in [0.29, 0.717) is 32.1 Å². The molecule has 27 heavy (non-hydrogen) atoms. The minimum absolute atomic E-state index is 0.0257. The van der Waals surface area contributed by atoms with Crippen LogP contribution in [0.1, 0.15) is 24.8 Å². The van der Waals surface area contributed by atoms with Gasteiger partial charge >= 0.3 is 6.18 Å². The second-order valence-electron chi connectivity index (χ2n) is 7.74. The minimum Gasteiger partial charge on any atom is -0.379 e. The summed E-state index contributed by atoms with van der Waals surface area (Å²) >= 11 is 0. The van der Waals surface area contributed by atoms with E-state index in [0.717, 1.165) is 31.4 Å². The number of fused-ring (bicyclic) bond motifs is 1. The average molecular weight is 379 g/mol. The van der Waals surface area contributed by atoms with Crippen LogP contribution in [-0.4, -0.2) is 48.5 Å². The quantitative estimate of drug-likeness (QED) is 0.860. The van der Waals surface area contributed by atoms with E-state index in [1.54, 1.807) is 6.07 Å². The minimum atomic E-state index is -4.42. The first-order valence-corrected chi connectivity index (χ1v) is 9.31. The Labute approximate surface area is 154 Å². The van der Waals surface area contributed by atoms with Gasteiger partial charge in [0.2, 0.25) is 5.91 Å². The van der Waals surface area contributed by atoms with Gasteiger partial charge in [0.05, 0.1) is 35.4 Å². The molecule has 5 nitrogen and oxygen atoms in total. The Morgan fingerprint density at radius 3 is 2.74 bits per heavy atom. The molecule has 2 aliphatic carbocycles. The van der Waals surface area contributed by atoms with Crippen molar-refractivity contribution >= 4 is 17.4 Å². The van der Waals surface area contributed by atoms with Gasteiger partial charge in [0.15, 0.2) is 0 Å². The van der Waals surface area contributed by atoms with Crippen molar-refractivity contribution in [2.45, 2.75) is 31.0 Å². The van der Waals surface area contributed by atoms with Crippen LogP contribution in [0, 0.1) is 11.3 Å². The Kier molecular flexibility index (Phi) is 3.53. The molecule has 8 heteroatoms. The zero-order valence-electron chi connectivity index (χ0n) is 14.7. The number of aliphatic imine (C=N–C) groups is 1. The van der Waals surface area contributed by atoms with Crippen LogP contribution in [-0.2, 0) is 15.7 Å². The molecule has 2 aliphatic heterocycles. The molecule has 1 aromatic rings. The van der Waals surface area contributed by atoms with E-state index < -0.39 is 22.7 Å². The highest BCUT2D eigenvalue weighted by Gasteiger charge is 2.89. The highest BCUT2D eigenvalue weighted by atomic mass is 19.4. The zero-order valence-corrected chi connectivity index (χ0v) is 14.7. The fourth-order valence-corrected chi connectivity index (χ4v) is 5.70. The smallest absolute Gasteiger partial charge is 0.379 e. The standard InChI is InChI=1S/C19H20F3N3O2/c20-19(21,22)12-3-1-4-13(11-12)23-15-18(25-7-9-27-10-8-25)14-5-2-6-17(14,18)16(26)24-15/h1,3-4,11,14H,2,5-10H2,(H,23,24,26)/t14-,17+,18+/m1/s1. The van der Waals surface area contributed by atoms with Gasteiger partial charge in [0, 0.05) is 19.0 Å². The number of amides is 1. The van der Waals surface area contributed by atoms with Crippen molar-refractivity contribution in [1.82, 2.24) is 10.2 Å². The molecule has 144 valence electrons. The van der Waals surface area contributed by atoms with Gasteiger partial charge in [0.25, 0.3) is 0 Å². The molecule has 3 atom stereocenters. The summed E-state index contributed by atoms with van der Waals surface area (Å²) in [4.78, 5) is 19.7. The topological polar surface area (TPSA) is 53.9 Å². The van der Waals surface area contributed by atoms with Crippen LogP contribution < -0.4 is 5.32 Å². The van der Waals surface area contributed by atoms with E-state index in [-0.39, 0.29) is 17.5 Å². The third-order valence-electron chi connectivity index (χ3n) is 6.68. The fourth-order valence-electron chi connectivity index (χ4n) is 5.70. The number of benzene rings is 1. The van der Waals surface area contributed by atoms with Gasteiger partial charge in [0.1, 0.15) is 5.84 Å². The number of alkyl halides is 3. The summed E-state index contributed by atoms with van der Waals surface area (Å²) in [6, 6.07) is 4.96. The average Bonchev–Trinajstić information content (AvgIpc) is 2.89. The normalized spacial score (nSPS) is 37.2. The molecule has 4 fully saturated rings. The van der Waals surface area contributed by atoms with E-state index in [2.05, 4.69) is 15.2 Å². The van der Waals surface area contributed by atoms with Crippen molar-refractivity contribution in [3.8, 4) is 0 Å². The highest BCUT2D eigenvalue weighted by Crippen LogP contribution is 2.76. The van der Waals surface area contributed by atoms with Crippen LogP contribution in [0.25, 0.3) is 0 Å². The summed E-state index contributed by atoms with van der Waals surface area (Å²) in [5.41, 5.74) is -1.49. The van der Waals surface area contributed by atoms with E-state index >= 15 is 0 Å². The third-order valence-corrected chi connectivity index (χ3v) is 6.68. The molecule has 0 unspecified atom stereocenters. The number of halogens is 3. The predicted octanol–water partition coefficient (Wildman–Crippen LogP) is 2.74. The van der Waals surface area contributed by atoms with Crippen molar-refractivity contribution in [1.29, 1.82) is 0 Å². The first-order valence-electron chi connectivity index (χ1n) is 9.31. The number of carbonyl (C=O) groups excluding carboxylic acids is 1. The second-order valence-corrected chi connectivity index (χ2v) is 7.74. The first kappa shape index (κ1) is 17.2. The molecule has 2 saturated heterocycles. The number of nitrogens with one attached hydrogen (secondary N) is 1. The SMILES string of the molecule is O=C1NC(=Nc2cccc(C(F)(F)F)c2)[C@@]2(N3CCOCC3)[C@@H]3CCC[C@@]132. The van der Waals surface area contributed by atoms with E-state index in [4.69, 9.17) is 4.74 Å². The number of morpholine rings is 1. The van der Waals surface area contributed by atoms with E-state index in [1.165, 1.54) is 6.07 Å². The molecule has 4 aliphatic rings. The van der Waals surface area contributed by atoms with Crippen LogP contribution in [0.5, 0.6) is 0 Å². The number of amidine groups is 1. The number of piperidine rings is 1. The van der Waals surface area contributed by atoms with Crippen LogP contribution >= 0.6 is 0 Å². The van der Waals surface area contributed by atoms with Gasteiger partial charge in [-0.15, -0.1) is 0 Å². The lowest BCUT2D eigenvalue weighted by molar-refractivity contribution is -0.137. The molecular weight excluding hydrogens is 359 g/mol. The van der Waals surface area contributed by atoms with Crippen LogP contribution in [0.3, 0.4) is 0 Å². The van der Waals surface area contributed by atoms with E-state index in [1.807, 2.05) is 0 Å². The Hall–Kier alpha value is -1.93. The molecule has 0 radical (unpaired) electrons. The lowest BCUT2D eigenvalue weighted by atomic mass is 9.95. The monoisotopic (exact) mass is 379 g/mol. The summed E-state index contributed by atoms with van der Waals surface area (Å²) in [6.07, 6.45) is -1.66. The summed E-state index contributed by atoms with van der Waals surface area (Å²) in [5.74, 6) is 0.682. The van der Waals surface area contributed by atoms with E-state index in [9.17, 15) is 18.0 Å². The number of carbonyl (C=O) groups is 1. The molecule has 1 amide bonds. The Morgan fingerprint density at radius 1 is 1.26 bits per heavy atom. The van der Waals surface area contributed by atoms with Crippen LogP contribution in [0.4, 0.5) is 18.9 Å². The van der Waals surface area contributed by atoms with Gasteiger partial charge in [-0.2, -0.15) is 13.2 Å². The molecule has 1 aromatic carbocycles. The van der Waals surface area contributed by atoms with Crippen molar-refractivity contribution < 1.29 is 22.7 Å². The van der Waals surface area contributed by atoms with Gasteiger partial charge < -0.3 is 10.1 Å². The van der Waals surface area contributed by atoms with Crippen molar-refractivity contribution in [3.05, 3.63) is 29.8 Å². The lowest BCUT2D eigenvalue weighted by Crippen LogP contribution is -2.53. The Morgan fingerprint density at radius 2 is 2.04 bits per heavy atom. The van der Waals surface area contributed by atoms with Gasteiger partial charge in [-0.1, -0.05) is 12.5 Å². The van der Waals surface area contributed by atoms with Crippen LogP contribution in [0.15, 0.2) is 29.3 Å². The zero-order chi connectivity index (χ0) is 18.9. The number of nitrogens with zero attached hydrogens (tertiary/aromatic N) is 2. The number of ether oxygens (including phenoxy) is 1. The maximum absolute atomic E-state index is 13.0. The maximum atomic E-state index is 13.0. The molecule has 1 N–H and O–H groups in total. The van der Waals surface area contributed by atoms with Gasteiger partial charge in [-0.25, -0.2) is 4.99 Å². The Bertz CT molecular complexity index is 834. The number of rotatable bonds is 2. The summed E-state index contributed by atoms with van der Waals surface area (Å²) < 4.78 is 44.6. The molecule has 2 saturated carbocycles. The van der Waals surface area contributed by atoms with Crippen molar-refractivity contribution in [3.63, 3.8) is 0 Å². The highest BCUT2D eigenvalue weighted by molar-refractivity contribution is 6.21. The second kappa shape index (κ2) is 5.54. The van der Waals surface area contributed by atoms with Crippen molar-refractivity contribution in [2.24, 2.45) is 16.3 Å². The van der Waals surface area contributed by atoms with Gasteiger partial charge in [-0.3, -0.25) is 9.69 Å². The molecule has 0 aromatic heterocycles. The van der Waals surface area contributed by atoms with Crippen LogP contribution in [0.2, 0.25) is 0 Å². The molecule has 1 spiro atoms. The number of hydrogen-bond donors (Lipinski definition) is 1.